The number of aromatic nitrogens is 4. The van der Waals surface area contributed by atoms with Gasteiger partial charge in [-0.2, -0.15) is 0 Å². The SMILES string of the molecule is CC(C)(C)[S+]([O-])NCCn1c(Sc2cc3c(cc2I)CCC3)nc2c(N)ncnc21. The Kier molecular flexibility index (Phi) is 6.50. The van der Waals surface area contributed by atoms with E-state index in [1.165, 1.54) is 32.3 Å². The van der Waals surface area contributed by atoms with Gasteiger partial charge in [0.05, 0.1) is 6.54 Å². The minimum absolute atomic E-state index is 0.318. The Bertz CT molecular complexity index is 1080. The average molecular weight is 556 g/mol. The Morgan fingerprint density at radius 3 is 2.73 bits per heavy atom. The molecule has 2 heterocycles. The van der Waals surface area contributed by atoms with Crippen molar-refractivity contribution < 1.29 is 4.55 Å². The number of hydrogen-bond acceptors (Lipinski definition) is 7. The quantitative estimate of drug-likeness (QED) is 0.353. The van der Waals surface area contributed by atoms with Crippen LogP contribution in [0.15, 0.2) is 28.5 Å². The Morgan fingerprint density at radius 2 is 2.00 bits per heavy atom. The molecule has 0 aliphatic heterocycles. The summed E-state index contributed by atoms with van der Waals surface area (Å²) in [6, 6.07) is 4.58. The molecule has 4 rings (SSSR count). The highest BCUT2D eigenvalue weighted by atomic mass is 127. The van der Waals surface area contributed by atoms with Crippen LogP contribution in [0.25, 0.3) is 11.2 Å². The van der Waals surface area contributed by atoms with Crippen molar-refractivity contribution in [1.29, 1.82) is 0 Å². The van der Waals surface area contributed by atoms with Gasteiger partial charge in [0, 0.05) is 26.4 Å². The Balaban J connectivity index is 1.64. The van der Waals surface area contributed by atoms with Gasteiger partial charge in [0.1, 0.15) is 11.1 Å². The summed E-state index contributed by atoms with van der Waals surface area (Å²) < 4.78 is 18.4. The van der Waals surface area contributed by atoms with Crippen LogP contribution in [0.4, 0.5) is 5.82 Å². The molecule has 1 unspecified atom stereocenters. The fourth-order valence-electron chi connectivity index (χ4n) is 3.43. The number of rotatable bonds is 6. The van der Waals surface area contributed by atoms with E-state index in [4.69, 9.17) is 10.7 Å². The molecule has 160 valence electrons. The third-order valence-electron chi connectivity index (χ3n) is 5.00. The Morgan fingerprint density at radius 1 is 1.27 bits per heavy atom. The van der Waals surface area contributed by atoms with Gasteiger partial charge in [-0.05, 0) is 85.9 Å². The largest absolute Gasteiger partial charge is 0.598 e. The molecule has 0 saturated carbocycles. The molecule has 0 saturated heterocycles. The van der Waals surface area contributed by atoms with E-state index in [1.807, 2.05) is 25.3 Å². The first-order valence-corrected chi connectivity index (χ1v) is 12.9. The van der Waals surface area contributed by atoms with Gasteiger partial charge in [0.15, 0.2) is 22.1 Å². The molecule has 2 aromatic heterocycles. The second kappa shape index (κ2) is 8.81. The second-order valence-corrected chi connectivity index (χ2v) is 12.5. The van der Waals surface area contributed by atoms with Gasteiger partial charge in [-0.3, -0.25) is 0 Å². The summed E-state index contributed by atoms with van der Waals surface area (Å²) in [4.78, 5) is 14.5. The third-order valence-corrected chi connectivity index (χ3v) is 8.89. The van der Waals surface area contributed by atoms with Crippen molar-refractivity contribution in [3.8, 4) is 0 Å². The van der Waals surface area contributed by atoms with Crippen LogP contribution in [0.3, 0.4) is 0 Å². The number of benzene rings is 1. The molecule has 0 amide bonds. The number of aryl methyl sites for hydroxylation is 2. The van der Waals surface area contributed by atoms with Crippen LogP contribution in [-0.2, 0) is 30.7 Å². The summed E-state index contributed by atoms with van der Waals surface area (Å²) in [5.74, 6) is 0.371. The van der Waals surface area contributed by atoms with E-state index in [-0.39, 0.29) is 4.75 Å². The Hall–Kier alpha value is -1.08. The number of nitrogens with one attached hydrogen (secondary N) is 1. The molecule has 3 aromatic rings. The van der Waals surface area contributed by atoms with E-state index in [0.717, 1.165) is 18.0 Å². The molecule has 0 spiro atoms. The highest BCUT2D eigenvalue weighted by Gasteiger charge is 2.26. The third kappa shape index (κ3) is 4.57. The zero-order valence-electron chi connectivity index (χ0n) is 17.2. The van der Waals surface area contributed by atoms with E-state index in [1.54, 1.807) is 11.8 Å². The van der Waals surface area contributed by atoms with Crippen molar-refractivity contribution in [2.24, 2.45) is 0 Å². The van der Waals surface area contributed by atoms with Crippen LogP contribution in [-0.4, -0.2) is 35.4 Å². The second-order valence-electron chi connectivity index (χ2n) is 8.26. The van der Waals surface area contributed by atoms with Crippen molar-refractivity contribution in [1.82, 2.24) is 24.2 Å². The summed E-state index contributed by atoms with van der Waals surface area (Å²) in [6.07, 6.45) is 4.99. The lowest BCUT2D eigenvalue weighted by molar-refractivity contribution is 0.535. The van der Waals surface area contributed by atoms with Crippen LogP contribution < -0.4 is 10.5 Å². The summed E-state index contributed by atoms with van der Waals surface area (Å²) in [7, 11) is 0. The van der Waals surface area contributed by atoms with E-state index in [0.29, 0.717) is 30.1 Å². The maximum atomic E-state index is 12.4. The number of nitrogens with zero attached hydrogens (tertiary/aromatic N) is 4. The van der Waals surface area contributed by atoms with E-state index < -0.39 is 11.4 Å². The standard InChI is InChI=1S/C20H25IN6OS2/c1-20(2,3)30(28)25-7-8-27-18-16(17(22)23-11-24-18)26-19(27)29-15-10-13-6-4-5-12(13)9-14(15)21/h9-11,25H,4-8H2,1-3H3,(H2,22,23,24). The van der Waals surface area contributed by atoms with E-state index >= 15 is 0 Å². The molecule has 0 bridgehead atoms. The lowest BCUT2D eigenvalue weighted by atomic mass is 10.1. The minimum Gasteiger partial charge on any atom is -0.598 e. The predicted octanol–water partition coefficient (Wildman–Crippen LogP) is 3.70. The molecule has 1 aliphatic carbocycles. The summed E-state index contributed by atoms with van der Waals surface area (Å²) in [6.45, 7) is 6.97. The molecule has 30 heavy (non-hydrogen) atoms. The molecule has 3 N–H and O–H groups in total. The Labute approximate surface area is 197 Å². The molecule has 0 radical (unpaired) electrons. The fraction of sp³-hybridized carbons (Fsp3) is 0.450. The maximum Gasteiger partial charge on any atom is 0.175 e. The zero-order chi connectivity index (χ0) is 21.5. The minimum atomic E-state index is -1.13. The van der Waals surface area contributed by atoms with Gasteiger partial charge in [-0.25, -0.2) is 15.0 Å². The molecular formula is C20H25IN6OS2. The van der Waals surface area contributed by atoms with E-state index in [9.17, 15) is 4.55 Å². The van der Waals surface area contributed by atoms with Crippen molar-refractivity contribution >= 4 is 62.7 Å². The van der Waals surface area contributed by atoms with Crippen molar-refractivity contribution in [2.45, 2.75) is 61.4 Å². The lowest BCUT2D eigenvalue weighted by Gasteiger charge is -2.23. The molecular weight excluding hydrogens is 531 g/mol. The van der Waals surface area contributed by atoms with Gasteiger partial charge in [0.2, 0.25) is 0 Å². The van der Waals surface area contributed by atoms with Crippen molar-refractivity contribution in [3.63, 3.8) is 0 Å². The van der Waals surface area contributed by atoms with Crippen LogP contribution >= 0.6 is 34.4 Å². The molecule has 0 fully saturated rings. The molecule has 1 aliphatic rings. The van der Waals surface area contributed by atoms with Gasteiger partial charge in [0.25, 0.3) is 0 Å². The number of nitrogen functional groups attached to an aromatic ring is 1. The van der Waals surface area contributed by atoms with Gasteiger partial charge in [-0.1, -0.05) is 11.8 Å². The smallest absolute Gasteiger partial charge is 0.175 e. The predicted molar refractivity (Wildman–Crippen MR) is 131 cm³/mol. The van der Waals surface area contributed by atoms with Crippen LogP contribution in [0.5, 0.6) is 0 Å². The first-order chi connectivity index (χ1) is 14.2. The highest BCUT2D eigenvalue weighted by molar-refractivity contribution is 14.1. The maximum absolute atomic E-state index is 12.4. The molecule has 7 nitrogen and oxygen atoms in total. The number of halogens is 1. The van der Waals surface area contributed by atoms with E-state index in [2.05, 4.69) is 49.4 Å². The van der Waals surface area contributed by atoms with Crippen molar-refractivity contribution in [3.05, 3.63) is 33.2 Å². The number of fused-ring (bicyclic) bond motifs is 2. The monoisotopic (exact) mass is 556 g/mol. The van der Waals surface area contributed by atoms with Gasteiger partial charge >= 0.3 is 0 Å². The number of nitrogens with two attached hydrogens (primary N) is 1. The first kappa shape index (κ1) is 22.1. The summed E-state index contributed by atoms with van der Waals surface area (Å²) in [5.41, 5.74) is 10.3. The zero-order valence-corrected chi connectivity index (χ0v) is 21.0. The molecule has 10 heteroatoms. The number of imidazole rings is 1. The average Bonchev–Trinajstić information content (AvgIpc) is 3.26. The van der Waals surface area contributed by atoms with Crippen LogP contribution in [0, 0.1) is 3.57 Å². The number of anilines is 1. The van der Waals surface area contributed by atoms with Gasteiger partial charge < -0.3 is 14.9 Å². The van der Waals surface area contributed by atoms with Crippen LogP contribution in [0.2, 0.25) is 0 Å². The summed E-state index contributed by atoms with van der Waals surface area (Å²) in [5, 5.41) is 0.816. The molecule has 1 aromatic carbocycles. The van der Waals surface area contributed by atoms with Crippen LogP contribution in [0.1, 0.15) is 38.3 Å². The highest BCUT2D eigenvalue weighted by Crippen LogP contribution is 2.37. The lowest BCUT2D eigenvalue weighted by Crippen LogP contribution is -2.40. The fourth-order valence-corrected chi connectivity index (χ4v) is 5.98. The summed E-state index contributed by atoms with van der Waals surface area (Å²) >= 11 is 2.89. The normalized spacial score (nSPS) is 15.0. The topological polar surface area (TPSA) is 105 Å². The molecule has 1 atom stereocenters. The number of hydrogen-bond donors (Lipinski definition) is 2. The van der Waals surface area contributed by atoms with Gasteiger partial charge in [-0.15, -0.1) is 4.72 Å². The van der Waals surface area contributed by atoms with Crippen molar-refractivity contribution in [2.75, 3.05) is 12.3 Å². The first-order valence-electron chi connectivity index (χ1n) is 9.85.